The Balaban J connectivity index is 1.97. The van der Waals surface area contributed by atoms with Crippen LogP contribution in [-0.4, -0.2) is 30.1 Å². The molecule has 0 spiro atoms. The molecule has 0 bridgehead atoms. The zero-order chi connectivity index (χ0) is 16.6. The zero-order valence-electron chi connectivity index (χ0n) is 14.3. The molecule has 0 N–H and O–H groups in total. The molecule has 1 unspecified atom stereocenters. The minimum absolute atomic E-state index is 0.0498. The third-order valence-electron chi connectivity index (χ3n) is 4.22. The van der Waals surface area contributed by atoms with Crippen LogP contribution in [0.3, 0.4) is 0 Å². The third-order valence-corrected chi connectivity index (χ3v) is 5.24. The number of carbonyl (C=O) groups excluding carboxylic acids is 1. The van der Waals surface area contributed by atoms with Crippen molar-refractivity contribution in [2.75, 3.05) is 18.1 Å². The first kappa shape index (κ1) is 16.4. The Morgan fingerprint density at radius 3 is 2.87 bits per heavy atom. The van der Waals surface area contributed by atoms with Gasteiger partial charge < -0.3 is 4.74 Å². The van der Waals surface area contributed by atoms with Gasteiger partial charge in [-0.15, -0.1) is 0 Å². The highest BCUT2D eigenvalue weighted by Crippen LogP contribution is 2.33. The predicted molar refractivity (Wildman–Crippen MR) is 95.3 cm³/mol. The van der Waals surface area contributed by atoms with Crippen molar-refractivity contribution in [3.63, 3.8) is 0 Å². The van der Waals surface area contributed by atoms with Gasteiger partial charge in [0.05, 0.1) is 22.9 Å². The van der Waals surface area contributed by atoms with Gasteiger partial charge in [0.2, 0.25) is 5.91 Å². The Morgan fingerprint density at radius 1 is 1.43 bits per heavy atom. The molecule has 1 aliphatic rings. The van der Waals surface area contributed by atoms with Gasteiger partial charge in [0.15, 0.2) is 5.13 Å². The van der Waals surface area contributed by atoms with Crippen molar-refractivity contribution in [1.82, 2.24) is 4.98 Å². The maximum Gasteiger partial charge on any atom is 0.231 e. The molecule has 23 heavy (non-hydrogen) atoms. The minimum Gasteiger partial charge on any atom is -0.376 e. The summed E-state index contributed by atoms with van der Waals surface area (Å²) in [5.74, 6) is 0.0696. The first-order valence-corrected chi connectivity index (χ1v) is 9.08. The summed E-state index contributed by atoms with van der Waals surface area (Å²) in [5.41, 5.74) is 3.40. The maximum absolute atomic E-state index is 12.7. The van der Waals surface area contributed by atoms with Crippen LogP contribution < -0.4 is 4.90 Å². The predicted octanol–water partition coefficient (Wildman–Crippen LogP) is 4.08. The quantitative estimate of drug-likeness (QED) is 0.847. The summed E-state index contributed by atoms with van der Waals surface area (Å²) in [7, 11) is 0. The van der Waals surface area contributed by atoms with Crippen LogP contribution in [-0.2, 0) is 9.53 Å². The molecule has 1 amide bonds. The Kier molecular flexibility index (Phi) is 4.69. The highest BCUT2D eigenvalue weighted by atomic mass is 32.1. The van der Waals surface area contributed by atoms with E-state index >= 15 is 0 Å². The molecule has 4 nitrogen and oxygen atoms in total. The standard InChI is InChI=1S/C18H24N2O2S/c1-11(2)17(21)20(10-14-6-5-7-22-14)18-19-16-13(4)8-12(3)9-15(16)23-18/h8-9,11,14H,5-7,10H2,1-4H3. The fourth-order valence-electron chi connectivity index (χ4n) is 3.04. The fraction of sp³-hybridized carbons (Fsp3) is 0.556. The molecule has 5 heteroatoms. The molecule has 1 fully saturated rings. The maximum atomic E-state index is 12.7. The lowest BCUT2D eigenvalue weighted by atomic mass is 10.1. The van der Waals surface area contributed by atoms with E-state index < -0.39 is 0 Å². The van der Waals surface area contributed by atoms with E-state index in [9.17, 15) is 4.79 Å². The summed E-state index contributed by atoms with van der Waals surface area (Å²) in [6, 6.07) is 4.29. The van der Waals surface area contributed by atoms with Gasteiger partial charge in [-0.3, -0.25) is 9.69 Å². The topological polar surface area (TPSA) is 42.4 Å². The van der Waals surface area contributed by atoms with Crippen LogP contribution in [0.5, 0.6) is 0 Å². The number of nitrogens with zero attached hydrogens (tertiary/aromatic N) is 2. The molecule has 0 aliphatic carbocycles. The van der Waals surface area contributed by atoms with Crippen LogP contribution >= 0.6 is 11.3 Å². The van der Waals surface area contributed by atoms with Crippen LogP contribution in [0.2, 0.25) is 0 Å². The fourth-order valence-corrected chi connectivity index (χ4v) is 4.20. The summed E-state index contributed by atoms with van der Waals surface area (Å²) in [6.45, 7) is 9.45. The normalized spacial score (nSPS) is 18.0. The van der Waals surface area contributed by atoms with E-state index in [0.717, 1.165) is 40.4 Å². The van der Waals surface area contributed by atoms with E-state index in [1.165, 1.54) is 5.56 Å². The Morgan fingerprint density at radius 2 is 2.22 bits per heavy atom. The average Bonchev–Trinajstić information content (AvgIpc) is 3.12. The van der Waals surface area contributed by atoms with E-state index in [-0.39, 0.29) is 17.9 Å². The van der Waals surface area contributed by atoms with E-state index in [1.807, 2.05) is 18.7 Å². The largest absolute Gasteiger partial charge is 0.376 e. The lowest BCUT2D eigenvalue weighted by Gasteiger charge is -2.24. The number of amides is 1. The van der Waals surface area contributed by atoms with Gasteiger partial charge in [-0.1, -0.05) is 31.3 Å². The van der Waals surface area contributed by atoms with Crippen LogP contribution in [0, 0.1) is 19.8 Å². The lowest BCUT2D eigenvalue weighted by Crippen LogP contribution is -2.39. The number of aryl methyl sites for hydroxylation is 2. The number of carbonyl (C=O) groups is 1. The summed E-state index contributed by atoms with van der Waals surface area (Å²) in [6.07, 6.45) is 2.23. The first-order valence-electron chi connectivity index (χ1n) is 8.26. The summed E-state index contributed by atoms with van der Waals surface area (Å²) in [5, 5.41) is 0.794. The first-order chi connectivity index (χ1) is 11.0. The van der Waals surface area contributed by atoms with Gasteiger partial charge in [0.25, 0.3) is 0 Å². The number of thiazole rings is 1. The number of hydrogen-bond donors (Lipinski definition) is 0. The van der Waals surface area contributed by atoms with E-state index in [4.69, 9.17) is 9.72 Å². The molecule has 1 aromatic heterocycles. The van der Waals surface area contributed by atoms with E-state index in [0.29, 0.717) is 6.54 Å². The molecule has 2 aromatic rings. The molecule has 1 atom stereocenters. The number of anilines is 1. The Labute approximate surface area is 141 Å². The highest BCUT2D eigenvalue weighted by molar-refractivity contribution is 7.22. The molecular formula is C18H24N2O2S. The number of aromatic nitrogens is 1. The van der Waals surface area contributed by atoms with Crippen LogP contribution in [0.1, 0.15) is 37.8 Å². The smallest absolute Gasteiger partial charge is 0.231 e. The second-order valence-corrected chi connectivity index (χ2v) is 7.67. The zero-order valence-corrected chi connectivity index (χ0v) is 15.1. The van der Waals surface area contributed by atoms with Crippen molar-refractivity contribution in [3.8, 4) is 0 Å². The van der Waals surface area contributed by atoms with Crippen molar-refractivity contribution < 1.29 is 9.53 Å². The second kappa shape index (κ2) is 6.57. The molecule has 124 valence electrons. The molecule has 1 saturated heterocycles. The van der Waals surface area contributed by atoms with E-state index in [1.54, 1.807) is 11.3 Å². The summed E-state index contributed by atoms with van der Waals surface area (Å²) >= 11 is 1.60. The van der Waals surface area contributed by atoms with Crippen LogP contribution in [0.4, 0.5) is 5.13 Å². The third kappa shape index (κ3) is 3.40. The number of ether oxygens (including phenoxy) is 1. The molecular weight excluding hydrogens is 308 g/mol. The summed E-state index contributed by atoms with van der Waals surface area (Å²) < 4.78 is 6.88. The van der Waals surface area contributed by atoms with Crippen molar-refractivity contribution in [2.45, 2.75) is 46.6 Å². The minimum atomic E-state index is -0.0498. The van der Waals surface area contributed by atoms with Gasteiger partial charge in [0.1, 0.15) is 0 Å². The monoisotopic (exact) mass is 332 g/mol. The van der Waals surface area contributed by atoms with Gasteiger partial charge in [-0.05, 0) is 43.9 Å². The van der Waals surface area contributed by atoms with Gasteiger partial charge in [0, 0.05) is 12.5 Å². The van der Waals surface area contributed by atoms with Crippen molar-refractivity contribution in [3.05, 3.63) is 23.3 Å². The number of hydrogen-bond acceptors (Lipinski definition) is 4. The van der Waals surface area contributed by atoms with E-state index in [2.05, 4.69) is 26.0 Å². The van der Waals surface area contributed by atoms with Gasteiger partial charge in [-0.25, -0.2) is 4.98 Å². The van der Waals surface area contributed by atoms with Crippen molar-refractivity contribution in [1.29, 1.82) is 0 Å². The Hall–Kier alpha value is -1.46. The number of rotatable bonds is 4. The van der Waals surface area contributed by atoms with Gasteiger partial charge in [-0.2, -0.15) is 0 Å². The lowest BCUT2D eigenvalue weighted by molar-refractivity contribution is -0.121. The Bertz CT molecular complexity index is 717. The number of benzene rings is 1. The molecule has 1 aliphatic heterocycles. The molecule has 1 aromatic carbocycles. The SMILES string of the molecule is Cc1cc(C)c2nc(N(CC3CCCO3)C(=O)C(C)C)sc2c1. The number of fused-ring (bicyclic) bond motifs is 1. The molecule has 2 heterocycles. The molecule has 0 saturated carbocycles. The van der Waals surface area contributed by atoms with Crippen molar-refractivity contribution >= 4 is 32.6 Å². The second-order valence-electron chi connectivity index (χ2n) is 6.66. The summed E-state index contributed by atoms with van der Waals surface area (Å²) in [4.78, 5) is 19.3. The van der Waals surface area contributed by atoms with Crippen LogP contribution in [0.15, 0.2) is 12.1 Å². The molecule has 3 rings (SSSR count). The van der Waals surface area contributed by atoms with Gasteiger partial charge >= 0.3 is 0 Å². The van der Waals surface area contributed by atoms with Crippen molar-refractivity contribution in [2.24, 2.45) is 5.92 Å². The molecule has 0 radical (unpaired) electrons. The average molecular weight is 332 g/mol. The van der Waals surface area contributed by atoms with Crippen LogP contribution in [0.25, 0.3) is 10.2 Å². The highest BCUT2D eigenvalue weighted by Gasteiger charge is 2.27.